The number of fused-ring (bicyclic) bond motifs is 1. The number of aromatic amines is 1. The standard InChI is InChI=1S/C15H14ClN3O2S.C8H10ClNO2.ClH/c1-20-13-5-6-17-12(14(13)21-2)8-22-15-18-10-4-3-9(16)7-11(10)19-15;1-11-7-3-4-10-6(5-9)8(7)12-2;/h3-7H,8H2,1-2H3,(H,18,19);3-4H,5H2,1-2H3;1H. The molecule has 12 heteroatoms. The molecule has 0 aliphatic carbocycles. The maximum atomic E-state index is 5.98. The van der Waals surface area contributed by atoms with Gasteiger partial charge in [0.15, 0.2) is 28.2 Å². The number of H-pyrrole nitrogens is 1. The molecule has 0 saturated heterocycles. The summed E-state index contributed by atoms with van der Waals surface area (Å²) in [5.74, 6) is 3.52. The first-order valence-electron chi connectivity index (χ1n) is 10.00. The van der Waals surface area contributed by atoms with Crippen LogP contribution in [0.4, 0.5) is 0 Å². The summed E-state index contributed by atoms with van der Waals surface area (Å²) in [6.07, 6.45) is 3.34. The van der Waals surface area contributed by atoms with Crippen molar-refractivity contribution in [3.63, 3.8) is 0 Å². The molecule has 1 N–H and O–H groups in total. The summed E-state index contributed by atoms with van der Waals surface area (Å²) in [4.78, 5) is 16.1. The van der Waals surface area contributed by atoms with Crippen molar-refractivity contribution in [1.82, 2.24) is 19.9 Å². The van der Waals surface area contributed by atoms with Gasteiger partial charge in [0.05, 0.1) is 51.0 Å². The fraction of sp³-hybridized carbons (Fsp3) is 0.261. The Morgan fingerprint density at radius 1 is 0.857 bits per heavy atom. The summed E-state index contributed by atoms with van der Waals surface area (Å²) in [5, 5.41) is 1.49. The van der Waals surface area contributed by atoms with Crippen LogP contribution in [0.1, 0.15) is 11.4 Å². The molecular formula is C23H25Cl3N4O4S. The van der Waals surface area contributed by atoms with Crippen molar-refractivity contribution in [1.29, 1.82) is 0 Å². The fourth-order valence-electron chi connectivity index (χ4n) is 3.06. The van der Waals surface area contributed by atoms with E-state index in [0.717, 1.165) is 21.9 Å². The summed E-state index contributed by atoms with van der Waals surface area (Å²) in [7, 11) is 6.36. The average Bonchev–Trinajstić information content (AvgIpc) is 3.28. The second kappa shape index (κ2) is 14.1. The van der Waals surface area contributed by atoms with Crippen molar-refractivity contribution >= 4 is 58.4 Å². The molecule has 35 heavy (non-hydrogen) atoms. The minimum Gasteiger partial charge on any atom is -0.493 e. The lowest BCUT2D eigenvalue weighted by Gasteiger charge is -2.10. The molecule has 3 aromatic heterocycles. The molecule has 188 valence electrons. The SMILES string of the molecule is COc1ccnc(CCl)c1OC.COc1ccnc(CSc2nc3ccc(Cl)cc3[nH]2)c1OC.Cl. The van der Waals surface area contributed by atoms with E-state index >= 15 is 0 Å². The largest absolute Gasteiger partial charge is 0.493 e. The van der Waals surface area contributed by atoms with Gasteiger partial charge in [0.2, 0.25) is 0 Å². The van der Waals surface area contributed by atoms with Crippen molar-refractivity contribution in [2.24, 2.45) is 0 Å². The molecule has 0 bridgehead atoms. The van der Waals surface area contributed by atoms with E-state index in [1.807, 2.05) is 18.2 Å². The number of imidazole rings is 1. The third-order valence-corrected chi connectivity index (χ3v) is 6.00. The van der Waals surface area contributed by atoms with Crippen LogP contribution in [0.25, 0.3) is 11.0 Å². The highest BCUT2D eigenvalue weighted by Gasteiger charge is 2.13. The Hall–Kier alpha value is -2.59. The Balaban J connectivity index is 0.000000284. The van der Waals surface area contributed by atoms with E-state index < -0.39 is 0 Å². The number of hydrogen-bond donors (Lipinski definition) is 1. The van der Waals surface area contributed by atoms with Gasteiger partial charge in [0, 0.05) is 35.3 Å². The molecule has 0 aliphatic heterocycles. The summed E-state index contributed by atoms with van der Waals surface area (Å²) in [6, 6.07) is 9.08. The number of rotatable bonds is 8. The fourth-order valence-corrected chi connectivity index (χ4v) is 4.25. The highest BCUT2D eigenvalue weighted by atomic mass is 35.5. The molecule has 0 radical (unpaired) electrons. The van der Waals surface area contributed by atoms with Crippen LogP contribution in [0.3, 0.4) is 0 Å². The number of pyridine rings is 2. The lowest BCUT2D eigenvalue weighted by Crippen LogP contribution is -1.97. The van der Waals surface area contributed by atoms with Gasteiger partial charge in [-0.25, -0.2) is 4.98 Å². The minimum absolute atomic E-state index is 0. The van der Waals surface area contributed by atoms with Crippen molar-refractivity contribution in [2.45, 2.75) is 16.8 Å². The molecule has 0 aliphatic rings. The topological polar surface area (TPSA) is 91.4 Å². The number of alkyl halides is 1. The lowest BCUT2D eigenvalue weighted by molar-refractivity contribution is 0.350. The van der Waals surface area contributed by atoms with Gasteiger partial charge < -0.3 is 23.9 Å². The van der Waals surface area contributed by atoms with E-state index in [2.05, 4.69) is 19.9 Å². The number of ether oxygens (including phenoxy) is 4. The number of hydrogen-bond acceptors (Lipinski definition) is 8. The molecular weight excluding hydrogens is 535 g/mol. The lowest BCUT2D eigenvalue weighted by atomic mass is 10.3. The minimum atomic E-state index is 0. The van der Waals surface area contributed by atoms with E-state index in [1.165, 1.54) is 0 Å². The first kappa shape index (κ1) is 28.6. The molecule has 0 unspecified atom stereocenters. The van der Waals surface area contributed by atoms with Crippen LogP contribution >= 0.6 is 47.4 Å². The zero-order chi connectivity index (χ0) is 24.5. The predicted molar refractivity (Wildman–Crippen MR) is 142 cm³/mol. The molecule has 1 aromatic carbocycles. The van der Waals surface area contributed by atoms with Gasteiger partial charge in [-0.15, -0.1) is 24.0 Å². The normalized spacial score (nSPS) is 10.1. The van der Waals surface area contributed by atoms with Gasteiger partial charge in [0.25, 0.3) is 0 Å². The van der Waals surface area contributed by atoms with Crippen molar-refractivity contribution in [3.8, 4) is 23.0 Å². The molecule has 0 atom stereocenters. The zero-order valence-corrected chi connectivity index (χ0v) is 22.6. The zero-order valence-electron chi connectivity index (χ0n) is 19.5. The van der Waals surface area contributed by atoms with Crippen LogP contribution in [0, 0.1) is 0 Å². The maximum Gasteiger partial charge on any atom is 0.183 e. The molecule has 4 rings (SSSR count). The van der Waals surface area contributed by atoms with E-state index in [1.54, 1.807) is 64.7 Å². The average molecular weight is 560 g/mol. The Kier molecular flexibility index (Phi) is 11.5. The number of methoxy groups -OCH3 is 4. The van der Waals surface area contributed by atoms with Crippen LogP contribution in [0.2, 0.25) is 5.02 Å². The van der Waals surface area contributed by atoms with Gasteiger partial charge in [-0.1, -0.05) is 23.4 Å². The second-order valence-electron chi connectivity index (χ2n) is 6.61. The van der Waals surface area contributed by atoms with Crippen LogP contribution in [0.5, 0.6) is 23.0 Å². The molecule has 4 aromatic rings. The second-order valence-corrected chi connectivity index (χ2v) is 8.28. The highest BCUT2D eigenvalue weighted by molar-refractivity contribution is 7.98. The van der Waals surface area contributed by atoms with Crippen LogP contribution < -0.4 is 18.9 Å². The molecule has 0 saturated carbocycles. The Labute approximate surface area is 224 Å². The smallest absolute Gasteiger partial charge is 0.183 e. The summed E-state index contributed by atoms with van der Waals surface area (Å²) < 4.78 is 20.8. The van der Waals surface area contributed by atoms with Crippen molar-refractivity contribution < 1.29 is 18.9 Å². The highest BCUT2D eigenvalue weighted by Crippen LogP contribution is 2.33. The molecule has 0 fully saturated rings. The van der Waals surface area contributed by atoms with E-state index in [9.17, 15) is 0 Å². The van der Waals surface area contributed by atoms with E-state index in [-0.39, 0.29) is 12.4 Å². The molecule has 0 spiro atoms. The molecule has 0 amide bonds. The number of thioether (sulfide) groups is 1. The summed E-state index contributed by atoms with van der Waals surface area (Å²) in [5.41, 5.74) is 3.31. The number of halogens is 3. The van der Waals surface area contributed by atoms with Crippen LogP contribution in [-0.4, -0.2) is 48.4 Å². The maximum absolute atomic E-state index is 5.98. The van der Waals surface area contributed by atoms with Crippen molar-refractivity contribution in [3.05, 3.63) is 59.1 Å². The van der Waals surface area contributed by atoms with Crippen molar-refractivity contribution in [2.75, 3.05) is 28.4 Å². The van der Waals surface area contributed by atoms with Crippen LogP contribution in [-0.2, 0) is 11.6 Å². The predicted octanol–water partition coefficient (Wildman–Crippen LogP) is 6.18. The Morgan fingerprint density at radius 2 is 1.46 bits per heavy atom. The first-order chi connectivity index (χ1) is 16.5. The first-order valence-corrected chi connectivity index (χ1v) is 11.9. The number of nitrogens with zero attached hydrogens (tertiary/aromatic N) is 3. The third kappa shape index (κ3) is 7.20. The molecule has 8 nitrogen and oxygen atoms in total. The summed E-state index contributed by atoms with van der Waals surface area (Å²) in [6.45, 7) is 0. The van der Waals surface area contributed by atoms with E-state index in [0.29, 0.717) is 45.3 Å². The van der Waals surface area contributed by atoms with Gasteiger partial charge in [-0.05, 0) is 18.2 Å². The van der Waals surface area contributed by atoms with E-state index in [4.69, 9.17) is 42.1 Å². The Bertz CT molecular complexity index is 1220. The Morgan fingerprint density at radius 3 is 2.03 bits per heavy atom. The van der Waals surface area contributed by atoms with Crippen LogP contribution in [0.15, 0.2) is 47.9 Å². The number of aromatic nitrogens is 4. The quantitative estimate of drug-likeness (QED) is 0.202. The summed E-state index contributed by atoms with van der Waals surface area (Å²) >= 11 is 13.2. The van der Waals surface area contributed by atoms with Gasteiger partial charge in [-0.2, -0.15) is 0 Å². The number of nitrogens with one attached hydrogen (secondary N) is 1. The monoisotopic (exact) mass is 558 g/mol. The number of benzene rings is 1. The van der Waals surface area contributed by atoms with Gasteiger partial charge in [-0.3, -0.25) is 9.97 Å². The van der Waals surface area contributed by atoms with Gasteiger partial charge in [0.1, 0.15) is 5.69 Å². The molecule has 3 heterocycles. The van der Waals surface area contributed by atoms with Gasteiger partial charge >= 0.3 is 0 Å². The third-order valence-electron chi connectivity index (χ3n) is 4.63.